The lowest BCUT2D eigenvalue weighted by atomic mass is 10.1. The molecule has 0 heterocycles. The predicted molar refractivity (Wildman–Crippen MR) is 81.9 cm³/mol. The zero-order valence-corrected chi connectivity index (χ0v) is 13.5. The van der Waals surface area contributed by atoms with E-state index in [-0.39, 0.29) is 12.1 Å². The smallest absolute Gasteiger partial charge is 0.315 e. The fourth-order valence-electron chi connectivity index (χ4n) is 1.71. The molecule has 3 N–H and O–H groups in total. The maximum Gasteiger partial charge on any atom is 0.315 e. The molecule has 112 valence electrons. The van der Waals surface area contributed by atoms with Gasteiger partial charge in [0.05, 0.1) is 19.3 Å². The minimum Gasteiger partial charge on any atom is -0.497 e. The first kappa shape index (κ1) is 16.8. The van der Waals surface area contributed by atoms with Crippen LogP contribution in [0.3, 0.4) is 0 Å². The first-order valence-electron chi connectivity index (χ1n) is 6.50. The molecule has 0 aliphatic carbocycles. The molecule has 0 saturated heterocycles. The summed E-state index contributed by atoms with van der Waals surface area (Å²) < 4.78 is 6.02. The molecule has 0 radical (unpaired) electrons. The molecule has 2 amide bonds. The standard InChI is InChI=1S/C14H21BrN2O3/c1-9(18)6-7-16-14(19)17-10(2)12-5-4-11(20-3)8-13(12)15/h4-5,8-10,18H,6-7H2,1-3H3,(H2,16,17,19)/t9?,10-/m0/s1. The zero-order valence-electron chi connectivity index (χ0n) is 11.9. The van der Waals surface area contributed by atoms with E-state index in [0.29, 0.717) is 13.0 Å². The fourth-order valence-corrected chi connectivity index (χ4v) is 2.41. The van der Waals surface area contributed by atoms with E-state index in [4.69, 9.17) is 9.84 Å². The summed E-state index contributed by atoms with van der Waals surface area (Å²) in [5, 5.41) is 14.7. The highest BCUT2D eigenvalue weighted by Gasteiger charge is 2.12. The van der Waals surface area contributed by atoms with Crippen molar-refractivity contribution in [3.63, 3.8) is 0 Å². The Bertz CT molecular complexity index is 452. The molecule has 1 rings (SSSR count). The fraction of sp³-hybridized carbons (Fsp3) is 0.500. The lowest BCUT2D eigenvalue weighted by Crippen LogP contribution is -2.38. The van der Waals surface area contributed by atoms with Crippen molar-refractivity contribution in [2.75, 3.05) is 13.7 Å². The molecule has 20 heavy (non-hydrogen) atoms. The Morgan fingerprint density at radius 1 is 1.45 bits per heavy atom. The van der Waals surface area contributed by atoms with Gasteiger partial charge in [-0.1, -0.05) is 22.0 Å². The maximum absolute atomic E-state index is 11.7. The van der Waals surface area contributed by atoms with E-state index in [0.717, 1.165) is 15.8 Å². The molecule has 5 nitrogen and oxygen atoms in total. The number of ether oxygens (including phenoxy) is 1. The number of hydrogen-bond donors (Lipinski definition) is 3. The number of halogens is 1. The molecule has 1 unspecified atom stereocenters. The Balaban J connectivity index is 2.53. The Kier molecular flexibility index (Phi) is 6.81. The SMILES string of the molecule is COc1ccc([C@H](C)NC(=O)NCCC(C)O)c(Br)c1. The molecule has 1 aromatic rings. The monoisotopic (exact) mass is 344 g/mol. The summed E-state index contributed by atoms with van der Waals surface area (Å²) in [6, 6.07) is 5.23. The Labute approximate surface area is 127 Å². The van der Waals surface area contributed by atoms with Gasteiger partial charge >= 0.3 is 6.03 Å². The van der Waals surface area contributed by atoms with Crippen LogP contribution in [0.2, 0.25) is 0 Å². The minimum atomic E-state index is -0.413. The molecular weight excluding hydrogens is 324 g/mol. The van der Waals surface area contributed by atoms with E-state index in [1.807, 2.05) is 25.1 Å². The summed E-state index contributed by atoms with van der Waals surface area (Å²) in [6.07, 6.45) is 0.122. The van der Waals surface area contributed by atoms with Crippen LogP contribution in [0, 0.1) is 0 Å². The number of hydrogen-bond acceptors (Lipinski definition) is 3. The summed E-state index contributed by atoms with van der Waals surface area (Å²) >= 11 is 3.47. The Morgan fingerprint density at radius 2 is 2.15 bits per heavy atom. The number of nitrogens with one attached hydrogen (secondary N) is 2. The normalized spacial score (nSPS) is 13.4. The van der Waals surface area contributed by atoms with Crippen molar-refractivity contribution in [3.8, 4) is 5.75 Å². The van der Waals surface area contributed by atoms with E-state index in [1.54, 1.807) is 14.0 Å². The number of amides is 2. The molecule has 6 heteroatoms. The van der Waals surface area contributed by atoms with Crippen molar-refractivity contribution in [1.29, 1.82) is 0 Å². The molecule has 0 aliphatic rings. The molecule has 0 spiro atoms. The van der Waals surface area contributed by atoms with Crippen LogP contribution in [0.15, 0.2) is 22.7 Å². The molecule has 2 atom stereocenters. The van der Waals surface area contributed by atoms with Crippen LogP contribution in [0.1, 0.15) is 31.9 Å². The van der Waals surface area contributed by atoms with E-state index in [1.165, 1.54) is 0 Å². The topological polar surface area (TPSA) is 70.6 Å². The largest absolute Gasteiger partial charge is 0.497 e. The number of benzene rings is 1. The Morgan fingerprint density at radius 3 is 2.70 bits per heavy atom. The molecule has 0 bridgehead atoms. The van der Waals surface area contributed by atoms with Gasteiger partial charge in [-0.05, 0) is 38.0 Å². The van der Waals surface area contributed by atoms with Crippen molar-refractivity contribution in [1.82, 2.24) is 10.6 Å². The summed E-state index contributed by atoms with van der Waals surface area (Å²) in [5.41, 5.74) is 0.969. The van der Waals surface area contributed by atoms with Crippen molar-refractivity contribution in [2.45, 2.75) is 32.4 Å². The predicted octanol–water partition coefficient (Wildman–Crippen LogP) is 2.59. The first-order valence-corrected chi connectivity index (χ1v) is 7.29. The summed E-state index contributed by atoms with van der Waals surface area (Å²) in [4.78, 5) is 11.7. The number of carbonyl (C=O) groups is 1. The van der Waals surface area contributed by atoms with Gasteiger partial charge in [-0.15, -0.1) is 0 Å². The van der Waals surface area contributed by atoms with Gasteiger partial charge in [-0.3, -0.25) is 0 Å². The third-order valence-electron chi connectivity index (χ3n) is 2.87. The number of methoxy groups -OCH3 is 1. The molecular formula is C14H21BrN2O3. The van der Waals surface area contributed by atoms with Gasteiger partial charge in [0.2, 0.25) is 0 Å². The van der Waals surface area contributed by atoms with Gasteiger partial charge in [-0.2, -0.15) is 0 Å². The van der Waals surface area contributed by atoms with E-state index in [9.17, 15) is 4.79 Å². The van der Waals surface area contributed by atoms with Crippen LogP contribution in [-0.4, -0.2) is 30.9 Å². The van der Waals surface area contributed by atoms with Crippen LogP contribution in [0.25, 0.3) is 0 Å². The minimum absolute atomic E-state index is 0.137. The third-order valence-corrected chi connectivity index (χ3v) is 3.56. The van der Waals surface area contributed by atoms with Gasteiger partial charge < -0.3 is 20.5 Å². The Hall–Kier alpha value is -1.27. The number of aliphatic hydroxyl groups excluding tert-OH is 1. The van der Waals surface area contributed by atoms with Crippen molar-refractivity contribution >= 4 is 22.0 Å². The second-order valence-electron chi connectivity index (χ2n) is 4.65. The number of carbonyl (C=O) groups excluding carboxylic acids is 1. The van der Waals surface area contributed by atoms with E-state index in [2.05, 4.69) is 26.6 Å². The summed E-state index contributed by atoms with van der Waals surface area (Å²) in [6.45, 7) is 4.04. The summed E-state index contributed by atoms with van der Waals surface area (Å²) in [7, 11) is 1.61. The van der Waals surface area contributed by atoms with E-state index >= 15 is 0 Å². The first-order chi connectivity index (χ1) is 9.43. The van der Waals surface area contributed by atoms with Gasteiger partial charge in [-0.25, -0.2) is 4.79 Å². The van der Waals surface area contributed by atoms with E-state index < -0.39 is 6.10 Å². The number of rotatable bonds is 6. The molecule has 0 saturated carbocycles. The van der Waals surface area contributed by atoms with Crippen molar-refractivity contribution in [3.05, 3.63) is 28.2 Å². The quantitative estimate of drug-likeness (QED) is 0.742. The maximum atomic E-state index is 11.7. The lowest BCUT2D eigenvalue weighted by Gasteiger charge is -2.17. The van der Waals surface area contributed by atoms with Crippen molar-refractivity contribution < 1.29 is 14.6 Å². The third kappa shape index (κ3) is 5.38. The molecule has 1 aromatic carbocycles. The van der Waals surface area contributed by atoms with Gasteiger partial charge in [0.25, 0.3) is 0 Å². The van der Waals surface area contributed by atoms with Crippen LogP contribution in [-0.2, 0) is 0 Å². The second kappa shape index (κ2) is 8.11. The molecule has 0 aliphatic heterocycles. The average molecular weight is 345 g/mol. The molecule has 0 aromatic heterocycles. The molecule has 0 fully saturated rings. The van der Waals surface area contributed by atoms with Crippen LogP contribution in [0.5, 0.6) is 5.75 Å². The van der Waals surface area contributed by atoms with Gasteiger partial charge in [0, 0.05) is 11.0 Å². The summed E-state index contributed by atoms with van der Waals surface area (Å²) in [5.74, 6) is 0.759. The zero-order chi connectivity index (χ0) is 15.1. The van der Waals surface area contributed by atoms with Crippen LogP contribution < -0.4 is 15.4 Å². The van der Waals surface area contributed by atoms with Gasteiger partial charge in [0.15, 0.2) is 0 Å². The van der Waals surface area contributed by atoms with Crippen LogP contribution in [0.4, 0.5) is 4.79 Å². The average Bonchev–Trinajstić information content (AvgIpc) is 2.37. The lowest BCUT2D eigenvalue weighted by molar-refractivity contribution is 0.183. The van der Waals surface area contributed by atoms with Crippen molar-refractivity contribution in [2.24, 2.45) is 0 Å². The van der Waals surface area contributed by atoms with Crippen LogP contribution >= 0.6 is 15.9 Å². The van der Waals surface area contributed by atoms with Gasteiger partial charge in [0.1, 0.15) is 5.75 Å². The highest BCUT2D eigenvalue weighted by Crippen LogP contribution is 2.27. The highest BCUT2D eigenvalue weighted by atomic mass is 79.9. The highest BCUT2D eigenvalue weighted by molar-refractivity contribution is 9.10. The second-order valence-corrected chi connectivity index (χ2v) is 5.50. The number of urea groups is 1. The number of aliphatic hydroxyl groups is 1.